The lowest BCUT2D eigenvalue weighted by Crippen LogP contribution is -2.26. The van der Waals surface area contributed by atoms with Crippen molar-refractivity contribution in [3.63, 3.8) is 0 Å². The number of rotatable bonds is 2. The summed E-state index contributed by atoms with van der Waals surface area (Å²) in [5.74, 6) is 0.249. The van der Waals surface area contributed by atoms with Gasteiger partial charge in [-0.1, -0.05) is 17.7 Å². The molecule has 17 heavy (non-hydrogen) atoms. The fourth-order valence-corrected chi connectivity index (χ4v) is 2.51. The van der Waals surface area contributed by atoms with Gasteiger partial charge in [0.05, 0.1) is 10.7 Å². The monoisotopic (exact) mass is 273 g/mol. The van der Waals surface area contributed by atoms with E-state index in [1.807, 2.05) is 0 Å². The lowest BCUT2D eigenvalue weighted by atomic mass is 10.1. The van der Waals surface area contributed by atoms with Crippen LogP contribution in [0.15, 0.2) is 12.1 Å². The van der Waals surface area contributed by atoms with E-state index >= 15 is 0 Å². The van der Waals surface area contributed by atoms with Gasteiger partial charge < -0.3 is 4.90 Å². The van der Waals surface area contributed by atoms with Gasteiger partial charge in [-0.05, 0) is 30.2 Å². The molecule has 1 atom stereocenters. The zero-order valence-corrected chi connectivity index (χ0v) is 11.1. The largest absolute Gasteiger partial charge is 0.308 e. The molecule has 1 aliphatic rings. The predicted octanol–water partition coefficient (Wildman–Crippen LogP) is 3.07. The van der Waals surface area contributed by atoms with Crippen molar-refractivity contribution in [1.29, 1.82) is 0 Å². The number of halogens is 2. The number of nitrogens with zero attached hydrogens (tertiary/aromatic N) is 1. The van der Waals surface area contributed by atoms with Gasteiger partial charge in [0.25, 0.3) is 0 Å². The van der Waals surface area contributed by atoms with Gasteiger partial charge in [-0.2, -0.15) is 12.6 Å². The molecule has 1 aromatic rings. The summed E-state index contributed by atoms with van der Waals surface area (Å²) in [4.78, 5) is 13.3. The number of amides is 1. The van der Waals surface area contributed by atoms with Gasteiger partial charge in [0.2, 0.25) is 5.91 Å². The van der Waals surface area contributed by atoms with Gasteiger partial charge in [0.1, 0.15) is 5.82 Å². The fraction of sp³-hybridized carbons (Fsp3) is 0.417. The second kappa shape index (κ2) is 4.86. The molecule has 1 heterocycles. The minimum atomic E-state index is -0.450. The first-order valence-corrected chi connectivity index (χ1v) is 6.41. The summed E-state index contributed by atoms with van der Waals surface area (Å²) in [6.45, 7) is 2.28. The Morgan fingerprint density at radius 1 is 1.59 bits per heavy atom. The first kappa shape index (κ1) is 12.7. The molecule has 1 amide bonds. The number of hydrogen-bond donors (Lipinski definition) is 1. The normalized spacial score (nSPS) is 20.1. The summed E-state index contributed by atoms with van der Waals surface area (Å²) in [6.07, 6.45) is 0.410. The number of thiol groups is 1. The molecule has 92 valence electrons. The first-order chi connectivity index (χ1) is 8.04. The summed E-state index contributed by atoms with van der Waals surface area (Å²) in [7, 11) is 0. The highest BCUT2D eigenvalue weighted by Gasteiger charge is 2.32. The van der Waals surface area contributed by atoms with Gasteiger partial charge >= 0.3 is 0 Å². The van der Waals surface area contributed by atoms with Crippen molar-refractivity contribution in [2.75, 3.05) is 17.2 Å². The summed E-state index contributed by atoms with van der Waals surface area (Å²) < 4.78 is 13.8. The zero-order valence-electron chi connectivity index (χ0n) is 9.41. The lowest BCUT2D eigenvalue weighted by Gasteiger charge is -2.19. The number of benzene rings is 1. The molecule has 1 unspecified atom stereocenters. The average Bonchev–Trinajstić information content (AvgIpc) is 2.66. The van der Waals surface area contributed by atoms with Crippen LogP contribution in [0, 0.1) is 18.7 Å². The van der Waals surface area contributed by atoms with Crippen LogP contribution in [0.4, 0.5) is 10.1 Å². The highest BCUT2D eigenvalue weighted by molar-refractivity contribution is 7.80. The third kappa shape index (κ3) is 2.29. The highest BCUT2D eigenvalue weighted by Crippen LogP contribution is 2.35. The maximum absolute atomic E-state index is 13.8. The van der Waals surface area contributed by atoms with E-state index in [1.54, 1.807) is 13.0 Å². The molecule has 0 bridgehead atoms. The molecule has 0 spiro atoms. The van der Waals surface area contributed by atoms with Gasteiger partial charge in [-0.15, -0.1) is 0 Å². The molecule has 5 heteroatoms. The van der Waals surface area contributed by atoms with Crippen LogP contribution in [-0.4, -0.2) is 18.2 Å². The van der Waals surface area contributed by atoms with Crippen molar-refractivity contribution >= 4 is 35.8 Å². The average molecular weight is 274 g/mol. The van der Waals surface area contributed by atoms with E-state index in [1.165, 1.54) is 11.0 Å². The molecule has 0 saturated carbocycles. The molecule has 1 aromatic carbocycles. The Hall–Kier alpha value is -0.740. The summed E-state index contributed by atoms with van der Waals surface area (Å²) in [5, 5.41) is 0.318. The van der Waals surface area contributed by atoms with Crippen LogP contribution in [0.1, 0.15) is 12.0 Å². The quantitative estimate of drug-likeness (QED) is 0.821. The van der Waals surface area contributed by atoms with Crippen molar-refractivity contribution in [2.24, 2.45) is 5.92 Å². The van der Waals surface area contributed by atoms with Crippen LogP contribution in [0.3, 0.4) is 0 Å². The van der Waals surface area contributed by atoms with Crippen LogP contribution in [0.25, 0.3) is 0 Å². The third-order valence-electron chi connectivity index (χ3n) is 2.99. The van der Waals surface area contributed by atoms with Crippen LogP contribution in [0.2, 0.25) is 5.02 Å². The van der Waals surface area contributed by atoms with Crippen LogP contribution < -0.4 is 4.90 Å². The van der Waals surface area contributed by atoms with E-state index in [4.69, 9.17) is 11.6 Å². The Morgan fingerprint density at radius 2 is 2.29 bits per heavy atom. The number of anilines is 1. The van der Waals surface area contributed by atoms with Gasteiger partial charge in [0, 0.05) is 13.0 Å². The molecule has 0 aromatic heterocycles. The van der Waals surface area contributed by atoms with Crippen molar-refractivity contribution in [3.05, 3.63) is 28.5 Å². The molecule has 0 aliphatic carbocycles. The van der Waals surface area contributed by atoms with Crippen molar-refractivity contribution in [3.8, 4) is 0 Å². The number of carbonyl (C=O) groups is 1. The molecular weight excluding hydrogens is 261 g/mol. The fourth-order valence-electron chi connectivity index (χ4n) is 2.01. The lowest BCUT2D eigenvalue weighted by molar-refractivity contribution is -0.117. The molecular formula is C12H13ClFNOS. The topological polar surface area (TPSA) is 20.3 Å². The van der Waals surface area contributed by atoms with Gasteiger partial charge in [-0.3, -0.25) is 4.79 Å². The predicted molar refractivity (Wildman–Crippen MR) is 70.5 cm³/mol. The molecule has 0 radical (unpaired) electrons. The highest BCUT2D eigenvalue weighted by atomic mass is 35.5. The summed E-state index contributed by atoms with van der Waals surface area (Å²) >= 11 is 10.3. The van der Waals surface area contributed by atoms with Crippen molar-refractivity contribution in [2.45, 2.75) is 13.3 Å². The molecule has 1 fully saturated rings. The standard InChI is InChI=1S/C12H13ClFNOS/c1-7-2-3-9(14)12(11(7)13)15-5-8(6-17)4-10(15)16/h2-3,8,17H,4-6H2,1H3. The Balaban J connectivity index is 2.41. The second-order valence-electron chi connectivity index (χ2n) is 4.28. The summed E-state index contributed by atoms with van der Waals surface area (Å²) in [5.41, 5.74) is 0.978. The molecule has 1 aliphatic heterocycles. The number of aryl methyl sites for hydroxylation is 1. The van der Waals surface area contributed by atoms with E-state index in [9.17, 15) is 9.18 Å². The van der Waals surface area contributed by atoms with Crippen LogP contribution >= 0.6 is 24.2 Å². The summed E-state index contributed by atoms with van der Waals surface area (Å²) in [6, 6.07) is 2.95. The molecule has 1 saturated heterocycles. The van der Waals surface area contributed by atoms with E-state index in [0.29, 0.717) is 23.7 Å². The van der Waals surface area contributed by atoms with E-state index < -0.39 is 5.82 Å². The van der Waals surface area contributed by atoms with E-state index in [-0.39, 0.29) is 17.5 Å². The third-order valence-corrected chi connectivity index (χ3v) is 3.99. The molecule has 2 nitrogen and oxygen atoms in total. The Morgan fingerprint density at radius 3 is 2.88 bits per heavy atom. The Bertz CT molecular complexity index is 466. The minimum absolute atomic E-state index is 0.0875. The maximum atomic E-state index is 13.8. The Labute approximate surface area is 110 Å². The van der Waals surface area contributed by atoms with E-state index in [2.05, 4.69) is 12.6 Å². The minimum Gasteiger partial charge on any atom is -0.308 e. The van der Waals surface area contributed by atoms with Gasteiger partial charge in [0.15, 0.2) is 0 Å². The first-order valence-electron chi connectivity index (χ1n) is 5.40. The molecule has 2 rings (SSSR count). The Kier molecular flexibility index (Phi) is 3.64. The second-order valence-corrected chi connectivity index (χ2v) is 5.03. The SMILES string of the molecule is Cc1ccc(F)c(N2CC(CS)CC2=O)c1Cl. The van der Waals surface area contributed by atoms with Crippen LogP contribution in [-0.2, 0) is 4.79 Å². The maximum Gasteiger partial charge on any atom is 0.227 e. The van der Waals surface area contributed by atoms with Crippen molar-refractivity contribution in [1.82, 2.24) is 0 Å². The zero-order chi connectivity index (χ0) is 12.6. The molecule has 0 N–H and O–H groups in total. The van der Waals surface area contributed by atoms with Crippen molar-refractivity contribution < 1.29 is 9.18 Å². The van der Waals surface area contributed by atoms with E-state index in [0.717, 1.165) is 5.56 Å². The number of carbonyl (C=O) groups excluding carboxylic acids is 1. The smallest absolute Gasteiger partial charge is 0.227 e. The van der Waals surface area contributed by atoms with Gasteiger partial charge in [-0.25, -0.2) is 4.39 Å². The number of hydrogen-bond acceptors (Lipinski definition) is 2. The van der Waals surface area contributed by atoms with Crippen LogP contribution in [0.5, 0.6) is 0 Å².